The molecule has 0 aliphatic carbocycles. The average Bonchev–Trinajstić information content (AvgIpc) is 3.16. The molecule has 1 aliphatic rings. The highest BCUT2D eigenvalue weighted by Gasteiger charge is 2.28. The minimum Gasteiger partial charge on any atom is -0.322 e. The summed E-state index contributed by atoms with van der Waals surface area (Å²) in [7, 11) is -7.41. The fourth-order valence-corrected chi connectivity index (χ4v) is 5.48. The minimum absolute atomic E-state index is 0.00285. The molecule has 0 bridgehead atoms. The van der Waals surface area contributed by atoms with Gasteiger partial charge in [0, 0.05) is 18.8 Å². The second kappa shape index (κ2) is 8.41. The maximum absolute atomic E-state index is 12.7. The number of nitrogens with two attached hydrogens (primary N) is 1. The summed E-state index contributed by atoms with van der Waals surface area (Å²) in [6.45, 7) is 0.896. The van der Waals surface area contributed by atoms with Crippen molar-refractivity contribution in [3.8, 4) is 0 Å². The van der Waals surface area contributed by atoms with Crippen molar-refractivity contribution in [2.45, 2.75) is 23.5 Å². The second-order valence-corrected chi connectivity index (χ2v) is 10.7. The van der Waals surface area contributed by atoms with Crippen LogP contribution in [0, 0.1) is 0 Å². The van der Waals surface area contributed by atoms with Crippen LogP contribution in [0.2, 0.25) is 5.02 Å². The minimum atomic E-state index is -3.72. The monoisotopic (exact) mass is 457 g/mol. The van der Waals surface area contributed by atoms with E-state index in [4.69, 9.17) is 16.7 Å². The molecule has 0 atom stereocenters. The molecular weight excluding hydrogens is 438 g/mol. The Morgan fingerprint density at radius 2 is 1.76 bits per heavy atom. The van der Waals surface area contributed by atoms with Crippen molar-refractivity contribution in [3.63, 3.8) is 0 Å². The Balaban J connectivity index is 1.85. The van der Waals surface area contributed by atoms with Gasteiger partial charge >= 0.3 is 0 Å². The van der Waals surface area contributed by atoms with Gasteiger partial charge in [0.15, 0.2) is 0 Å². The fourth-order valence-electron chi connectivity index (χ4n) is 3.09. The molecule has 0 unspecified atom stereocenters. The van der Waals surface area contributed by atoms with E-state index in [9.17, 15) is 21.6 Å². The molecule has 8 nitrogen and oxygen atoms in total. The van der Waals surface area contributed by atoms with Crippen LogP contribution in [-0.2, 0) is 25.8 Å². The van der Waals surface area contributed by atoms with Gasteiger partial charge in [-0.1, -0.05) is 23.7 Å². The summed E-state index contributed by atoms with van der Waals surface area (Å²) in [5.74, 6) is -0.984. The molecule has 2 aromatic rings. The third-order valence-electron chi connectivity index (χ3n) is 4.44. The summed E-state index contributed by atoms with van der Waals surface area (Å²) in [5, 5.41) is 7.75. The lowest BCUT2D eigenvalue weighted by Gasteiger charge is -2.16. The molecule has 1 saturated heterocycles. The number of rotatable bonds is 6. The Bertz CT molecular complexity index is 1140. The molecule has 0 radical (unpaired) electrons. The van der Waals surface area contributed by atoms with Gasteiger partial charge in [-0.05, 0) is 48.7 Å². The van der Waals surface area contributed by atoms with Gasteiger partial charge in [-0.25, -0.2) is 22.0 Å². The summed E-state index contributed by atoms with van der Waals surface area (Å²) >= 11 is 6.12. The largest absolute Gasteiger partial charge is 0.322 e. The first-order valence-electron chi connectivity index (χ1n) is 8.77. The number of nitrogens with zero attached hydrogens (tertiary/aromatic N) is 1. The number of carbonyl (C=O) groups is 1. The second-order valence-electron chi connectivity index (χ2n) is 6.71. The Hall–Kier alpha value is -1.98. The van der Waals surface area contributed by atoms with Crippen LogP contribution in [0.1, 0.15) is 28.8 Å². The molecule has 3 rings (SSSR count). The number of anilines is 1. The molecule has 0 spiro atoms. The van der Waals surface area contributed by atoms with Crippen molar-refractivity contribution < 1.29 is 21.6 Å². The Labute approximate surface area is 174 Å². The van der Waals surface area contributed by atoms with Crippen molar-refractivity contribution in [1.82, 2.24) is 4.31 Å². The predicted molar refractivity (Wildman–Crippen MR) is 111 cm³/mol. The Morgan fingerprint density at radius 1 is 1.07 bits per heavy atom. The Kier molecular flexibility index (Phi) is 6.30. The first kappa shape index (κ1) is 21.7. The van der Waals surface area contributed by atoms with Crippen LogP contribution in [-0.4, -0.2) is 40.1 Å². The van der Waals surface area contributed by atoms with Gasteiger partial charge in [-0.2, -0.15) is 4.31 Å². The third kappa shape index (κ3) is 5.34. The van der Waals surface area contributed by atoms with Gasteiger partial charge in [-0.3, -0.25) is 4.79 Å². The van der Waals surface area contributed by atoms with E-state index in [0.29, 0.717) is 24.3 Å². The quantitative estimate of drug-likeness (QED) is 0.687. The van der Waals surface area contributed by atoms with E-state index < -0.39 is 26.0 Å². The van der Waals surface area contributed by atoms with Gasteiger partial charge < -0.3 is 5.32 Å². The van der Waals surface area contributed by atoms with Gasteiger partial charge in [0.25, 0.3) is 5.91 Å². The van der Waals surface area contributed by atoms with Gasteiger partial charge in [0.1, 0.15) is 0 Å². The molecule has 29 heavy (non-hydrogen) atoms. The molecule has 11 heteroatoms. The number of primary sulfonamides is 1. The van der Waals surface area contributed by atoms with Gasteiger partial charge in [0.05, 0.1) is 21.2 Å². The molecule has 3 N–H and O–H groups in total. The summed E-state index contributed by atoms with van der Waals surface area (Å²) in [6.07, 6.45) is 1.60. The first-order chi connectivity index (χ1) is 13.6. The lowest BCUT2D eigenvalue weighted by molar-refractivity contribution is 0.102. The zero-order chi connectivity index (χ0) is 21.2. The van der Waals surface area contributed by atoms with Crippen LogP contribution >= 0.6 is 11.6 Å². The lowest BCUT2D eigenvalue weighted by atomic mass is 10.2. The number of amides is 1. The van der Waals surface area contributed by atoms with Crippen LogP contribution in [0.3, 0.4) is 0 Å². The normalized spacial score (nSPS) is 15.4. The smallest absolute Gasteiger partial charge is 0.257 e. The topological polar surface area (TPSA) is 127 Å². The van der Waals surface area contributed by atoms with E-state index in [1.807, 2.05) is 0 Å². The lowest BCUT2D eigenvalue weighted by Crippen LogP contribution is -2.28. The van der Waals surface area contributed by atoms with Crippen LogP contribution in [0.5, 0.6) is 0 Å². The van der Waals surface area contributed by atoms with Crippen molar-refractivity contribution in [1.29, 1.82) is 0 Å². The number of hydrogen-bond donors (Lipinski definition) is 2. The first-order valence-corrected chi connectivity index (χ1v) is 12.3. The number of sulfonamides is 2. The molecule has 1 fully saturated rings. The van der Waals surface area contributed by atoms with E-state index in [1.54, 1.807) is 18.2 Å². The number of nitrogens with one attached hydrogen (secondary N) is 1. The summed E-state index contributed by atoms with van der Waals surface area (Å²) < 4.78 is 49.4. The molecule has 1 heterocycles. The van der Waals surface area contributed by atoms with E-state index in [-0.39, 0.29) is 21.2 Å². The summed E-state index contributed by atoms with van der Waals surface area (Å²) in [4.78, 5) is 12.7. The highest BCUT2D eigenvalue weighted by Crippen LogP contribution is 2.26. The molecule has 2 aromatic carbocycles. The third-order valence-corrected chi connectivity index (χ3v) is 7.40. The van der Waals surface area contributed by atoms with Gasteiger partial charge in [-0.15, -0.1) is 0 Å². The van der Waals surface area contributed by atoms with Crippen LogP contribution in [0.4, 0.5) is 5.69 Å². The number of halogens is 1. The van der Waals surface area contributed by atoms with E-state index in [2.05, 4.69) is 5.32 Å². The van der Waals surface area contributed by atoms with Crippen molar-refractivity contribution in [2.24, 2.45) is 5.14 Å². The number of hydrogen-bond acceptors (Lipinski definition) is 5. The van der Waals surface area contributed by atoms with Crippen LogP contribution < -0.4 is 10.5 Å². The van der Waals surface area contributed by atoms with Crippen molar-refractivity contribution in [2.75, 3.05) is 18.4 Å². The standard InChI is InChI=1S/C18H20ClN3O5S2/c19-17-7-6-15(29(26,27)22-8-1-2-9-22)11-16(17)18(23)21-14-5-3-4-13(10-14)12-28(20,24)25/h3-7,10-11H,1-2,8-9,12H2,(H,21,23)(H2,20,24,25). The highest BCUT2D eigenvalue weighted by molar-refractivity contribution is 7.89. The molecule has 0 saturated carbocycles. The van der Waals surface area contributed by atoms with Crippen molar-refractivity contribution >= 4 is 43.2 Å². The van der Waals surface area contributed by atoms with Crippen molar-refractivity contribution in [3.05, 3.63) is 58.6 Å². The fraction of sp³-hybridized carbons (Fsp3) is 0.278. The number of benzene rings is 2. The van der Waals surface area contributed by atoms with E-state index in [0.717, 1.165) is 12.8 Å². The number of carbonyl (C=O) groups excluding carboxylic acids is 1. The summed E-state index contributed by atoms with van der Waals surface area (Å²) in [6, 6.07) is 10.2. The average molecular weight is 458 g/mol. The molecular formula is C18H20ClN3O5S2. The highest BCUT2D eigenvalue weighted by atomic mass is 35.5. The van der Waals surface area contributed by atoms with Crippen LogP contribution in [0.15, 0.2) is 47.4 Å². The summed E-state index contributed by atoms with van der Waals surface area (Å²) in [5.41, 5.74) is 0.741. The van der Waals surface area contributed by atoms with E-state index >= 15 is 0 Å². The predicted octanol–water partition coefficient (Wildman–Crippen LogP) is 2.17. The molecule has 1 amide bonds. The zero-order valence-corrected chi connectivity index (χ0v) is 17.7. The SMILES string of the molecule is NS(=O)(=O)Cc1cccc(NC(=O)c2cc(S(=O)(=O)N3CCCC3)ccc2Cl)c1. The van der Waals surface area contributed by atoms with E-state index in [1.165, 1.54) is 28.6 Å². The molecule has 0 aromatic heterocycles. The molecule has 1 aliphatic heterocycles. The Morgan fingerprint density at radius 3 is 2.41 bits per heavy atom. The maximum Gasteiger partial charge on any atom is 0.257 e. The van der Waals surface area contributed by atoms with Crippen LogP contribution in [0.25, 0.3) is 0 Å². The zero-order valence-electron chi connectivity index (χ0n) is 15.3. The van der Waals surface area contributed by atoms with Gasteiger partial charge in [0.2, 0.25) is 20.0 Å². The maximum atomic E-state index is 12.7. The molecule has 156 valence electrons.